The first-order chi connectivity index (χ1) is 13.7. The Hall–Kier alpha value is -2.60. The van der Waals surface area contributed by atoms with E-state index in [1.54, 1.807) is 6.92 Å². The smallest absolute Gasteiger partial charge is 0.323 e. The molecule has 0 aliphatic carbocycles. The Morgan fingerprint density at radius 2 is 2.07 bits per heavy atom. The predicted octanol–water partition coefficient (Wildman–Crippen LogP) is 2.88. The van der Waals surface area contributed by atoms with E-state index >= 15 is 0 Å². The number of nitrogens with zero attached hydrogens (tertiary/aromatic N) is 1. The molecule has 2 aromatic rings. The maximum atomic E-state index is 11.6. The molecular weight excluding hydrogens is 354 g/mol. The second-order valence-corrected chi connectivity index (χ2v) is 7.00. The van der Waals surface area contributed by atoms with Crippen molar-refractivity contribution >= 4 is 11.8 Å². The van der Waals surface area contributed by atoms with Crippen molar-refractivity contribution in [1.82, 2.24) is 4.98 Å². The zero-order chi connectivity index (χ0) is 19.8. The molecule has 2 heterocycles. The first-order valence-electron chi connectivity index (χ1n) is 10.0. The monoisotopic (exact) mass is 383 g/mol. The van der Waals surface area contributed by atoms with E-state index < -0.39 is 6.04 Å². The fourth-order valence-electron chi connectivity index (χ4n) is 3.26. The third kappa shape index (κ3) is 5.70. The molecule has 0 fully saturated rings. The molecule has 1 aliphatic rings. The summed E-state index contributed by atoms with van der Waals surface area (Å²) >= 11 is 0. The van der Waals surface area contributed by atoms with Gasteiger partial charge in [-0.3, -0.25) is 4.79 Å². The average molecular weight is 383 g/mol. The summed E-state index contributed by atoms with van der Waals surface area (Å²) in [6.07, 6.45) is 4.54. The van der Waals surface area contributed by atoms with Gasteiger partial charge in [-0.05, 0) is 68.4 Å². The van der Waals surface area contributed by atoms with Crippen LogP contribution in [-0.2, 0) is 28.8 Å². The second kappa shape index (κ2) is 10.1. The molecule has 0 bridgehead atoms. The summed E-state index contributed by atoms with van der Waals surface area (Å²) in [5, 5.41) is 3.37. The number of nitrogens with two attached hydrogens (primary N) is 1. The van der Waals surface area contributed by atoms with Crippen molar-refractivity contribution in [2.45, 2.75) is 45.1 Å². The van der Waals surface area contributed by atoms with Gasteiger partial charge in [0.15, 0.2) is 0 Å². The van der Waals surface area contributed by atoms with Gasteiger partial charge in [0.1, 0.15) is 17.6 Å². The first-order valence-corrected chi connectivity index (χ1v) is 10.0. The predicted molar refractivity (Wildman–Crippen MR) is 110 cm³/mol. The Kier molecular flexibility index (Phi) is 7.25. The molecule has 1 aliphatic heterocycles. The van der Waals surface area contributed by atoms with Gasteiger partial charge in [0, 0.05) is 12.2 Å². The number of aryl methyl sites for hydroxylation is 2. The van der Waals surface area contributed by atoms with E-state index in [1.807, 2.05) is 24.3 Å². The molecule has 0 amide bonds. The van der Waals surface area contributed by atoms with E-state index in [0.29, 0.717) is 19.6 Å². The van der Waals surface area contributed by atoms with Crippen LogP contribution in [-0.4, -0.2) is 36.8 Å². The number of hydrogen-bond donors (Lipinski definition) is 2. The van der Waals surface area contributed by atoms with Crippen molar-refractivity contribution in [2.75, 3.05) is 25.1 Å². The van der Waals surface area contributed by atoms with Crippen molar-refractivity contribution in [1.29, 1.82) is 0 Å². The summed E-state index contributed by atoms with van der Waals surface area (Å²) in [5.41, 5.74) is 9.25. The maximum Gasteiger partial charge on any atom is 0.323 e. The molecule has 1 unspecified atom stereocenters. The van der Waals surface area contributed by atoms with Crippen LogP contribution in [0.1, 0.15) is 36.6 Å². The number of anilines is 1. The summed E-state index contributed by atoms with van der Waals surface area (Å²) in [6, 6.07) is 11.4. The molecule has 3 rings (SSSR count). The molecule has 0 saturated heterocycles. The SMILES string of the molecule is CCOC(=O)C(N)Cc1ccc(OCCCc2ccc3c(n2)NCCC3)cc1. The highest BCUT2D eigenvalue weighted by atomic mass is 16.5. The zero-order valence-electron chi connectivity index (χ0n) is 16.4. The highest BCUT2D eigenvalue weighted by Gasteiger charge is 2.15. The molecule has 0 spiro atoms. The highest BCUT2D eigenvalue weighted by molar-refractivity contribution is 5.75. The summed E-state index contributed by atoms with van der Waals surface area (Å²) < 4.78 is 10.8. The fraction of sp³-hybridized carbons (Fsp3) is 0.455. The Labute approximate surface area is 166 Å². The van der Waals surface area contributed by atoms with Gasteiger partial charge in [-0.25, -0.2) is 4.98 Å². The molecule has 1 aromatic carbocycles. The van der Waals surface area contributed by atoms with Gasteiger partial charge >= 0.3 is 5.97 Å². The lowest BCUT2D eigenvalue weighted by atomic mass is 10.1. The number of carbonyl (C=O) groups is 1. The van der Waals surface area contributed by atoms with Crippen molar-refractivity contribution < 1.29 is 14.3 Å². The fourth-order valence-corrected chi connectivity index (χ4v) is 3.26. The van der Waals surface area contributed by atoms with E-state index in [4.69, 9.17) is 20.2 Å². The third-order valence-corrected chi connectivity index (χ3v) is 4.77. The van der Waals surface area contributed by atoms with Crippen LogP contribution < -0.4 is 15.8 Å². The lowest BCUT2D eigenvalue weighted by molar-refractivity contribution is -0.144. The van der Waals surface area contributed by atoms with Crippen molar-refractivity contribution in [3.8, 4) is 5.75 Å². The molecule has 6 nitrogen and oxygen atoms in total. The maximum absolute atomic E-state index is 11.6. The normalized spacial score (nSPS) is 13.9. The molecule has 150 valence electrons. The lowest BCUT2D eigenvalue weighted by Crippen LogP contribution is -2.34. The van der Waals surface area contributed by atoms with Gasteiger partial charge < -0.3 is 20.5 Å². The molecule has 28 heavy (non-hydrogen) atoms. The Morgan fingerprint density at radius 3 is 2.86 bits per heavy atom. The minimum Gasteiger partial charge on any atom is -0.494 e. The summed E-state index contributed by atoms with van der Waals surface area (Å²) in [4.78, 5) is 16.3. The Balaban J connectivity index is 1.41. The van der Waals surface area contributed by atoms with Crippen LogP contribution in [0.3, 0.4) is 0 Å². The van der Waals surface area contributed by atoms with Crippen LogP contribution in [0, 0.1) is 0 Å². The number of carbonyl (C=O) groups excluding carboxylic acids is 1. The van der Waals surface area contributed by atoms with Gasteiger partial charge in [0.05, 0.1) is 13.2 Å². The van der Waals surface area contributed by atoms with E-state index in [2.05, 4.69) is 17.4 Å². The van der Waals surface area contributed by atoms with Crippen molar-refractivity contribution in [3.05, 3.63) is 53.2 Å². The van der Waals surface area contributed by atoms with Crippen LogP contribution in [0.25, 0.3) is 0 Å². The number of rotatable bonds is 9. The molecular formula is C22H29N3O3. The Bertz CT molecular complexity index is 777. The Morgan fingerprint density at radius 1 is 1.25 bits per heavy atom. The van der Waals surface area contributed by atoms with Crippen LogP contribution >= 0.6 is 0 Å². The second-order valence-electron chi connectivity index (χ2n) is 7.00. The quantitative estimate of drug-likeness (QED) is 0.511. The zero-order valence-corrected chi connectivity index (χ0v) is 16.4. The third-order valence-electron chi connectivity index (χ3n) is 4.77. The number of benzene rings is 1. The topological polar surface area (TPSA) is 86.5 Å². The number of ether oxygens (including phenoxy) is 2. The van der Waals surface area contributed by atoms with Crippen LogP contribution in [0.5, 0.6) is 5.75 Å². The minimum atomic E-state index is -0.634. The van der Waals surface area contributed by atoms with Gasteiger partial charge in [-0.2, -0.15) is 0 Å². The number of esters is 1. The molecule has 6 heteroatoms. The van der Waals surface area contributed by atoms with E-state index in [9.17, 15) is 4.79 Å². The number of aromatic nitrogens is 1. The molecule has 0 radical (unpaired) electrons. The number of pyridine rings is 1. The average Bonchev–Trinajstić information content (AvgIpc) is 2.72. The first kappa shape index (κ1) is 20.1. The van der Waals surface area contributed by atoms with Crippen LogP contribution in [0.2, 0.25) is 0 Å². The van der Waals surface area contributed by atoms with Gasteiger partial charge in [0.25, 0.3) is 0 Å². The minimum absolute atomic E-state index is 0.344. The van der Waals surface area contributed by atoms with Gasteiger partial charge in [0.2, 0.25) is 0 Å². The van der Waals surface area contributed by atoms with Gasteiger partial charge in [-0.15, -0.1) is 0 Å². The lowest BCUT2D eigenvalue weighted by Gasteiger charge is -2.17. The highest BCUT2D eigenvalue weighted by Crippen LogP contribution is 2.20. The van der Waals surface area contributed by atoms with Crippen molar-refractivity contribution in [2.24, 2.45) is 5.73 Å². The molecule has 0 saturated carbocycles. The van der Waals surface area contributed by atoms with Crippen LogP contribution in [0.4, 0.5) is 5.82 Å². The van der Waals surface area contributed by atoms with Crippen molar-refractivity contribution in [3.63, 3.8) is 0 Å². The van der Waals surface area contributed by atoms with Crippen LogP contribution in [0.15, 0.2) is 36.4 Å². The number of fused-ring (bicyclic) bond motifs is 1. The van der Waals surface area contributed by atoms with Gasteiger partial charge in [-0.1, -0.05) is 18.2 Å². The summed E-state index contributed by atoms with van der Waals surface area (Å²) in [7, 11) is 0. The standard InChI is InChI=1S/C22H29N3O3/c1-2-27-22(26)20(23)15-16-7-11-19(12-8-16)28-14-4-6-18-10-9-17-5-3-13-24-21(17)25-18/h7-12,20H,2-6,13-15,23H2,1H3,(H,24,25). The molecule has 1 aromatic heterocycles. The summed E-state index contributed by atoms with van der Waals surface area (Å²) in [5.74, 6) is 1.49. The largest absolute Gasteiger partial charge is 0.494 e. The summed E-state index contributed by atoms with van der Waals surface area (Å²) in [6.45, 7) is 3.76. The molecule has 1 atom stereocenters. The number of hydrogen-bond acceptors (Lipinski definition) is 6. The van der Waals surface area contributed by atoms with E-state index in [1.165, 1.54) is 12.0 Å². The van der Waals surface area contributed by atoms with E-state index in [-0.39, 0.29) is 5.97 Å². The molecule has 3 N–H and O–H groups in total. The van der Waals surface area contributed by atoms with E-state index in [0.717, 1.165) is 48.6 Å². The number of nitrogens with one attached hydrogen (secondary N) is 1.